The van der Waals surface area contributed by atoms with Crippen molar-refractivity contribution in [1.29, 1.82) is 0 Å². The van der Waals surface area contributed by atoms with Gasteiger partial charge >= 0.3 is 5.97 Å². The smallest absolute Gasteiger partial charge is 0.306 e. The normalized spacial score (nSPS) is 13.3. The van der Waals surface area contributed by atoms with Gasteiger partial charge in [-0.15, -0.1) is 5.53 Å². The second-order valence-corrected chi connectivity index (χ2v) is 32.4. The van der Waals surface area contributed by atoms with E-state index in [-0.39, 0.29) is 28.9 Å². The van der Waals surface area contributed by atoms with E-state index in [2.05, 4.69) is 101 Å². The number of aliphatic hydroxyl groups excluding tert-OH is 2. The minimum absolute atomic E-state index is 0.0191. The first-order chi connectivity index (χ1) is 65.3. The van der Waals surface area contributed by atoms with Crippen LogP contribution in [0.15, 0.2) is 232 Å². The Morgan fingerprint density at radius 1 is 0.644 bits per heavy atom. The molecule has 2 fully saturated rings. The number of nitrogens with one attached hydrogen (secondary N) is 5. The number of amides is 3. The van der Waals surface area contributed by atoms with Gasteiger partial charge in [-0.3, -0.25) is 58.7 Å². The molecule has 1 aliphatic heterocycles. The number of fused-ring (bicyclic) bond motifs is 5. The van der Waals surface area contributed by atoms with Gasteiger partial charge in [0.25, 0.3) is 11.7 Å². The monoisotopic (exact) mass is 1870 g/mol. The van der Waals surface area contributed by atoms with Gasteiger partial charge in [0, 0.05) is 117 Å². The van der Waals surface area contributed by atoms with Crippen molar-refractivity contribution in [1.82, 2.24) is 79.9 Å². The number of aliphatic carboxylic acids is 1. The highest BCUT2D eigenvalue weighted by Crippen LogP contribution is 2.48. The number of halogens is 5. The van der Waals surface area contributed by atoms with Gasteiger partial charge in [-0.05, 0) is 178 Å². The molecule has 19 rings (SSSR count). The number of benzene rings is 7. The van der Waals surface area contributed by atoms with Crippen molar-refractivity contribution in [2.45, 2.75) is 103 Å². The van der Waals surface area contributed by atoms with Gasteiger partial charge in [0.15, 0.2) is 40.5 Å². The quantitative estimate of drug-likeness (QED) is 0.0189. The minimum atomic E-state index is -1.34. The van der Waals surface area contributed by atoms with E-state index >= 15 is 0 Å². The maximum atomic E-state index is 14.4. The molecule has 33 nitrogen and oxygen atoms in total. The fourth-order valence-corrected chi connectivity index (χ4v) is 15.6. The number of carboxylic acids is 1. The van der Waals surface area contributed by atoms with Crippen LogP contribution in [0.4, 0.5) is 42.0 Å². The molecule has 0 saturated heterocycles. The van der Waals surface area contributed by atoms with Crippen molar-refractivity contribution in [3.05, 3.63) is 287 Å². The van der Waals surface area contributed by atoms with Gasteiger partial charge < -0.3 is 56.0 Å². The summed E-state index contributed by atoms with van der Waals surface area (Å²) in [5, 5.41) is 52.1. The molecular weight excluding hydrogens is 1780 g/mol. The molecule has 0 radical (unpaired) electrons. The summed E-state index contributed by atoms with van der Waals surface area (Å²) >= 11 is 12.3. The Morgan fingerprint density at radius 2 is 1.31 bits per heavy atom. The SMILES string of the molecule is CC(=O)[C@@H](O)CC(=O)O.CNC(=O)c1ccc(-c2cnc3ncc(Cc4ccc5ncccc5c4)n3n2)cc1F.COc1cc2nccc(Oc3ccc(NC(=O)C4(C(=O)Nc5ccc(F)cc5)CC4)cc3)c2cc1OC.C[C@@H](Oc1cc(-c2cnn(C3CCCCC3)c2)cnc1N)c1c(Cl)ccc(F)c1Cl.OCCn1cc(-c2cnc3c(n2)N(Cc2ccc4ncccc4c2)NN3)cn1. The molecule has 2 aliphatic carbocycles. The van der Waals surface area contributed by atoms with Crippen LogP contribution in [0.1, 0.15) is 110 Å². The predicted molar refractivity (Wildman–Crippen MR) is 502 cm³/mol. The molecule has 10 N–H and O–H groups in total. The zero-order valence-electron chi connectivity index (χ0n) is 73.3. The number of Topliss-reactive ketones (excluding diaryl/α,β-unsaturated/α-hetero) is 1. The largest absolute Gasteiger partial charge is 0.493 e. The number of nitrogens with two attached hydrogens (primary N) is 1. The predicted octanol–water partition coefficient (Wildman–Crippen LogP) is 16.7. The first-order valence-electron chi connectivity index (χ1n) is 42.7. The molecule has 7 aromatic carbocycles. The van der Waals surface area contributed by atoms with Gasteiger partial charge in [-0.25, -0.2) is 42.6 Å². The van der Waals surface area contributed by atoms with Crippen molar-refractivity contribution >= 4 is 120 Å². The number of ketones is 1. The molecule has 3 aliphatic rings. The molecule has 0 bridgehead atoms. The number of methoxy groups -OCH3 is 2. The van der Waals surface area contributed by atoms with Crippen molar-refractivity contribution < 1.29 is 71.4 Å². The average Bonchev–Trinajstić information content (AvgIpc) is 1.61. The topological polar surface area (TPSA) is 428 Å². The van der Waals surface area contributed by atoms with Crippen LogP contribution in [0, 0.1) is 22.9 Å². The van der Waals surface area contributed by atoms with Crippen LogP contribution < -0.4 is 56.6 Å². The molecule has 10 heterocycles. The van der Waals surface area contributed by atoms with Crippen LogP contribution in [-0.4, -0.2) is 148 Å². The Balaban J connectivity index is 0.000000133. The molecule has 2 saturated carbocycles. The Labute approximate surface area is 779 Å². The van der Waals surface area contributed by atoms with Gasteiger partial charge in [-0.2, -0.15) is 15.3 Å². The highest BCUT2D eigenvalue weighted by atomic mass is 35.5. The Bertz CT molecular complexity index is 7030. The number of carbonyl (C=O) groups is 5. The second kappa shape index (κ2) is 42.7. The van der Waals surface area contributed by atoms with Gasteiger partial charge in [0.1, 0.15) is 52.3 Å². The van der Waals surface area contributed by atoms with Gasteiger partial charge in [0.2, 0.25) is 11.8 Å². The van der Waals surface area contributed by atoms with Crippen molar-refractivity contribution in [2.75, 3.05) is 54.7 Å². The lowest BCUT2D eigenvalue weighted by atomic mass is 9.96. The first kappa shape index (κ1) is 94.0. The van der Waals surface area contributed by atoms with Crippen LogP contribution in [0.2, 0.25) is 10.0 Å². The van der Waals surface area contributed by atoms with E-state index in [9.17, 15) is 37.1 Å². The van der Waals surface area contributed by atoms with E-state index in [0.717, 1.165) is 92.0 Å². The first-order valence-corrected chi connectivity index (χ1v) is 43.4. The molecule has 690 valence electrons. The van der Waals surface area contributed by atoms with Crippen LogP contribution in [-0.2, 0) is 38.7 Å². The van der Waals surface area contributed by atoms with E-state index in [0.29, 0.717) is 117 Å². The number of carboxylic acid groups (broad SMARTS) is 1. The zero-order valence-corrected chi connectivity index (χ0v) is 74.9. The summed E-state index contributed by atoms with van der Waals surface area (Å²) in [6, 6.07) is 47.1. The molecule has 135 heavy (non-hydrogen) atoms. The van der Waals surface area contributed by atoms with E-state index in [4.69, 9.17) is 68.2 Å². The molecule has 9 aromatic heterocycles. The molecule has 0 unspecified atom stereocenters. The minimum Gasteiger partial charge on any atom is -0.493 e. The lowest BCUT2D eigenvalue weighted by Gasteiger charge is -2.21. The summed E-state index contributed by atoms with van der Waals surface area (Å²) in [6.45, 7) is 3.99. The highest BCUT2D eigenvalue weighted by Gasteiger charge is 2.56. The molecule has 3 amide bonds. The third kappa shape index (κ3) is 22.8. The summed E-state index contributed by atoms with van der Waals surface area (Å²) in [4.78, 5) is 92.6. The third-order valence-electron chi connectivity index (χ3n) is 22.3. The molecule has 0 spiro atoms. The highest BCUT2D eigenvalue weighted by molar-refractivity contribution is 6.36. The number of aliphatic hydroxyl groups is 2. The van der Waals surface area contributed by atoms with Gasteiger partial charge in [0.05, 0.1) is 116 Å². The summed E-state index contributed by atoms with van der Waals surface area (Å²) in [5.74, 6) is 0.193. The van der Waals surface area contributed by atoms with Crippen molar-refractivity contribution in [3.8, 4) is 62.4 Å². The number of anilines is 5. The number of nitrogen functional groups attached to an aromatic ring is 1. The van der Waals surface area contributed by atoms with Crippen LogP contribution in [0.25, 0.3) is 72.1 Å². The Morgan fingerprint density at radius 3 is 1.98 bits per heavy atom. The van der Waals surface area contributed by atoms with E-state index in [1.807, 2.05) is 70.7 Å². The summed E-state index contributed by atoms with van der Waals surface area (Å²) in [5.41, 5.74) is 22.4. The Kier molecular flexibility index (Phi) is 29.8. The third-order valence-corrected chi connectivity index (χ3v) is 23.0. The van der Waals surface area contributed by atoms with Crippen LogP contribution >= 0.6 is 23.2 Å². The number of aromatic nitrogens is 14. The van der Waals surface area contributed by atoms with Crippen molar-refractivity contribution in [3.63, 3.8) is 0 Å². The maximum absolute atomic E-state index is 14.4. The lowest BCUT2D eigenvalue weighted by molar-refractivity contribution is -0.142. The van der Waals surface area contributed by atoms with Crippen LogP contribution in [0.3, 0.4) is 0 Å². The zero-order chi connectivity index (χ0) is 95.0. The number of pyridine rings is 4. The molecule has 38 heteroatoms. The van der Waals surface area contributed by atoms with E-state index < -0.39 is 65.1 Å². The Hall–Kier alpha value is -15.6. The number of hydrogen-bond acceptors (Lipinski definition) is 26. The molecule has 16 aromatic rings. The van der Waals surface area contributed by atoms with E-state index in [1.165, 1.54) is 74.8 Å². The number of carbonyl (C=O) groups excluding carboxylic acids is 4. The standard InChI is InChI=1S/C28H24FN3O5.C23H17FN6O.C22H23Cl2FN4O.C19H18N8O.C5H8O4/c1-35-24-15-21-22(16-25(24)36-2)30-14-11-23(21)37-20-9-7-19(8-10-20)32-27(34)28(12-13-28)26(33)31-18-5-3-17(29)4-6-18;1-25-22(31)18-6-5-16(11-19(18)24)21-13-28-23-27-12-17(30(23)29-21)10-14-4-7-20-15(9-14)3-2-8-26-20;1-13(20-17(23)7-8-18(25)21(20)24)30-19-9-14(10-27-22(19)26)15-11-28-29(12-15)16-5-3-2-4-6-16;28-7-6-26-12-15(9-22-26)17-10-21-18-19(23-17)27(25-24-18)11-13-3-4-16-14(8-13)2-1-5-20-16;1-3(6)4(7)2-5(8)9/h3-11,14-16H,12-13H2,1-2H3,(H,31,33)(H,32,34);2-9,11-13H,10H2,1H3,(H,25,31);7-13,16H,2-6H2,1H3,(H2,26,27);1-5,8-10,12,25,28H,6-7,11H2,(H,21,24);4,7H,2H2,1H3,(H,8,9)/t;;13-;;4-/m..1.0/s1. The number of nitrogens with zero attached hydrogens (tertiary/aromatic N) is 15. The number of ether oxygens (including phenoxy) is 4. The fourth-order valence-electron chi connectivity index (χ4n) is 14.9. The lowest BCUT2D eigenvalue weighted by Crippen LogP contribution is -2.35. The second-order valence-electron chi connectivity index (χ2n) is 31.6. The average molecular weight is 1870 g/mol. The van der Waals surface area contributed by atoms with Crippen LogP contribution in [0.5, 0.6) is 28.7 Å². The number of hydrogen-bond donors (Lipinski definition) is 9. The number of hydrazine groups is 2. The van der Waals surface area contributed by atoms with Crippen molar-refractivity contribution in [2.24, 2.45) is 5.41 Å². The number of imidazole rings is 1. The molecule has 2 atom stereocenters. The summed E-state index contributed by atoms with van der Waals surface area (Å²) in [6.07, 6.45) is 24.4. The van der Waals surface area contributed by atoms with Gasteiger partial charge in [-0.1, -0.05) is 72.8 Å². The molecular formula is C97H90Cl2F3N21O12. The van der Waals surface area contributed by atoms with E-state index in [1.54, 1.807) is 128 Å². The maximum Gasteiger partial charge on any atom is 0.306 e. The fraction of sp³-hybridized carbons (Fsp3) is 0.216. The number of rotatable bonds is 25. The summed E-state index contributed by atoms with van der Waals surface area (Å²) in [7, 11) is 4.58. The summed E-state index contributed by atoms with van der Waals surface area (Å²) < 4.78 is 69.6.